The average Bonchev–Trinajstić information content (AvgIpc) is 2.58. The zero-order chi connectivity index (χ0) is 16.4. The molecule has 0 N–H and O–H groups in total. The quantitative estimate of drug-likeness (QED) is 0.828. The number of piperidine rings is 1. The molecule has 0 aliphatic carbocycles. The summed E-state index contributed by atoms with van der Waals surface area (Å²) in [6.45, 7) is 3.41. The molecule has 0 bridgehead atoms. The van der Waals surface area contributed by atoms with Crippen molar-refractivity contribution in [3.63, 3.8) is 0 Å². The minimum atomic E-state index is -0.149. The molecule has 2 saturated heterocycles. The van der Waals surface area contributed by atoms with Crippen molar-refractivity contribution < 1.29 is 9.59 Å². The zero-order valence-electron chi connectivity index (χ0n) is 13.9. The number of carbonyl (C=O) groups is 2. The normalized spacial score (nSPS) is 26.4. The lowest BCUT2D eigenvalue weighted by Crippen LogP contribution is -2.52. The number of carbonyl (C=O) groups excluding carboxylic acids is 2. The first kappa shape index (κ1) is 16.0. The van der Waals surface area contributed by atoms with Gasteiger partial charge in [-0.1, -0.05) is 30.3 Å². The molecule has 0 spiro atoms. The van der Waals surface area contributed by atoms with E-state index in [4.69, 9.17) is 0 Å². The SMILES string of the molecule is CN1CCN(C(=O)[C@@H]2CCC(=O)N(C)[C@H]2c2ccccc2)CC1. The average molecular weight is 315 g/mol. The second-order valence-corrected chi connectivity index (χ2v) is 6.63. The van der Waals surface area contributed by atoms with Crippen LogP contribution >= 0.6 is 0 Å². The van der Waals surface area contributed by atoms with Gasteiger partial charge < -0.3 is 14.7 Å². The summed E-state index contributed by atoms with van der Waals surface area (Å²) < 4.78 is 0. The molecule has 0 radical (unpaired) electrons. The van der Waals surface area contributed by atoms with Crippen molar-refractivity contribution in [3.8, 4) is 0 Å². The molecule has 0 unspecified atom stereocenters. The predicted octanol–water partition coefficient (Wildman–Crippen LogP) is 1.37. The Bertz CT molecular complexity index is 567. The highest BCUT2D eigenvalue weighted by Gasteiger charge is 2.40. The molecule has 2 aliphatic heterocycles. The molecule has 3 rings (SSSR count). The van der Waals surface area contributed by atoms with Crippen molar-refractivity contribution in [1.82, 2.24) is 14.7 Å². The van der Waals surface area contributed by atoms with Crippen LogP contribution in [0.4, 0.5) is 0 Å². The predicted molar refractivity (Wildman–Crippen MR) is 88.8 cm³/mol. The van der Waals surface area contributed by atoms with Crippen LogP contribution in [0.15, 0.2) is 30.3 Å². The fourth-order valence-electron chi connectivity index (χ4n) is 3.66. The Balaban J connectivity index is 1.83. The zero-order valence-corrected chi connectivity index (χ0v) is 13.9. The van der Waals surface area contributed by atoms with Crippen LogP contribution in [-0.2, 0) is 9.59 Å². The summed E-state index contributed by atoms with van der Waals surface area (Å²) >= 11 is 0. The topological polar surface area (TPSA) is 43.9 Å². The molecule has 1 aromatic carbocycles. The molecule has 2 aliphatic rings. The van der Waals surface area contributed by atoms with Crippen molar-refractivity contribution in [3.05, 3.63) is 35.9 Å². The van der Waals surface area contributed by atoms with Gasteiger partial charge in [-0.2, -0.15) is 0 Å². The fourth-order valence-corrected chi connectivity index (χ4v) is 3.66. The molecule has 0 aromatic heterocycles. The molecule has 0 saturated carbocycles. The number of likely N-dealkylation sites (N-methyl/N-ethyl adjacent to an activating group) is 1. The Labute approximate surface area is 137 Å². The van der Waals surface area contributed by atoms with Gasteiger partial charge in [0.2, 0.25) is 11.8 Å². The number of nitrogens with zero attached hydrogens (tertiary/aromatic N) is 3. The Morgan fingerprint density at radius 3 is 2.35 bits per heavy atom. The molecule has 23 heavy (non-hydrogen) atoms. The van der Waals surface area contributed by atoms with Gasteiger partial charge in [-0.05, 0) is 19.0 Å². The molecule has 5 nitrogen and oxygen atoms in total. The summed E-state index contributed by atoms with van der Waals surface area (Å²) in [5, 5.41) is 0. The lowest BCUT2D eigenvalue weighted by molar-refractivity contribution is -0.147. The van der Waals surface area contributed by atoms with Crippen molar-refractivity contribution >= 4 is 11.8 Å². The third-order valence-electron chi connectivity index (χ3n) is 5.13. The van der Waals surface area contributed by atoms with Crippen LogP contribution < -0.4 is 0 Å². The van der Waals surface area contributed by atoms with E-state index in [2.05, 4.69) is 11.9 Å². The standard InChI is InChI=1S/C18H25N3O2/c1-19-10-12-21(13-11-19)18(23)15-8-9-16(22)20(2)17(15)14-6-4-3-5-7-14/h3-7,15,17H,8-13H2,1-2H3/t15-,17+/m1/s1. The van der Waals surface area contributed by atoms with Crippen LogP contribution in [0.2, 0.25) is 0 Å². The highest BCUT2D eigenvalue weighted by Crippen LogP contribution is 2.36. The molecule has 2 heterocycles. The summed E-state index contributed by atoms with van der Waals surface area (Å²) in [5.41, 5.74) is 1.05. The van der Waals surface area contributed by atoms with E-state index in [1.54, 1.807) is 4.90 Å². The van der Waals surface area contributed by atoms with Crippen molar-refractivity contribution in [2.45, 2.75) is 18.9 Å². The smallest absolute Gasteiger partial charge is 0.228 e. The third kappa shape index (κ3) is 3.24. The van der Waals surface area contributed by atoms with E-state index >= 15 is 0 Å². The Morgan fingerprint density at radius 1 is 1.04 bits per heavy atom. The second kappa shape index (κ2) is 6.71. The summed E-state index contributed by atoms with van der Waals surface area (Å²) in [5.74, 6) is 0.191. The minimum absolute atomic E-state index is 0.126. The van der Waals surface area contributed by atoms with Gasteiger partial charge in [0.15, 0.2) is 0 Å². The Hall–Kier alpha value is -1.88. The number of rotatable bonds is 2. The monoisotopic (exact) mass is 315 g/mol. The first-order valence-electron chi connectivity index (χ1n) is 8.36. The maximum atomic E-state index is 13.1. The highest BCUT2D eigenvalue weighted by atomic mass is 16.2. The van der Waals surface area contributed by atoms with Crippen molar-refractivity contribution in [2.24, 2.45) is 5.92 Å². The molecule has 2 amide bonds. The van der Waals surface area contributed by atoms with Gasteiger partial charge in [0.25, 0.3) is 0 Å². The van der Waals surface area contributed by atoms with Crippen LogP contribution in [0.25, 0.3) is 0 Å². The summed E-state index contributed by atoms with van der Waals surface area (Å²) in [7, 11) is 3.91. The van der Waals surface area contributed by atoms with Crippen LogP contribution in [0.3, 0.4) is 0 Å². The molecule has 2 atom stereocenters. The summed E-state index contributed by atoms with van der Waals surface area (Å²) in [6, 6.07) is 9.79. The summed E-state index contributed by atoms with van der Waals surface area (Å²) in [4.78, 5) is 31.2. The molecule has 5 heteroatoms. The lowest BCUT2D eigenvalue weighted by Gasteiger charge is -2.42. The van der Waals surface area contributed by atoms with Gasteiger partial charge in [-0.15, -0.1) is 0 Å². The molecule has 1 aromatic rings. The van der Waals surface area contributed by atoms with Gasteiger partial charge in [0, 0.05) is 39.6 Å². The van der Waals surface area contributed by atoms with E-state index in [1.165, 1.54) is 0 Å². The number of likely N-dealkylation sites (tertiary alicyclic amines) is 1. The van der Waals surface area contributed by atoms with Gasteiger partial charge >= 0.3 is 0 Å². The van der Waals surface area contributed by atoms with Gasteiger partial charge in [0.1, 0.15) is 0 Å². The first-order valence-corrected chi connectivity index (χ1v) is 8.36. The number of hydrogen-bond donors (Lipinski definition) is 0. The van der Waals surface area contributed by atoms with Crippen LogP contribution in [0.1, 0.15) is 24.4 Å². The van der Waals surface area contributed by atoms with Crippen LogP contribution in [0, 0.1) is 5.92 Å². The highest BCUT2D eigenvalue weighted by molar-refractivity contribution is 5.85. The van der Waals surface area contributed by atoms with Gasteiger partial charge in [0.05, 0.1) is 12.0 Å². The molecular weight excluding hydrogens is 290 g/mol. The Kier molecular flexibility index (Phi) is 4.66. The van der Waals surface area contributed by atoms with E-state index in [-0.39, 0.29) is 23.8 Å². The Morgan fingerprint density at radius 2 is 1.70 bits per heavy atom. The number of amides is 2. The molecule has 2 fully saturated rings. The van der Waals surface area contributed by atoms with Gasteiger partial charge in [-0.3, -0.25) is 9.59 Å². The molecular formula is C18H25N3O2. The fraction of sp³-hybridized carbons (Fsp3) is 0.556. The van der Waals surface area contributed by atoms with E-state index in [1.807, 2.05) is 42.3 Å². The molecule has 124 valence electrons. The van der Waals surface area contributed by atoms with Crippen molar-refractivity contribution in [2.75, 3.05) is 40.3 Å². The largest absolute Gasteiger partial charge is 0.340 e. The van der Waals surface area contributed by atoms with E-state index in [9.17, 15) is 9.59 Å². The third-order valence-corrected chi connectivity index (χ3v) is 5.13. The summed E-state index contributed by atoms with van der Waals surface area (Å²) in [6.07, 6.45) is 1.11. The van der Waals surface area contributed by atoms with E-state index in [0.29, 0.717) is 12.8 Å². The number of hydrogen-bond acceptors (Lipinski definition) is 3. The number of piperazine rings is 1. The van der Waals surface area contributed by atoms with Gasteiger partial charge in [-0.25, -0.2) is 0 Å². The maximum absolute atomic E-state index is 13.1. The lowest BCUT2D eigenvalue weighted by atomic mass is 9.83. The van der Waals surface area contributed by atoms with E-state index < -0.39 is 0 Å². The van der Waals surface area contributed by atoms with Crippen LogP contribution in [-0.4, -0.2) is 66.8 Å². The van der Waals surface area contributed by atoms with Crippen LogP contribution in [0.5, 0.6) is 0 Å². The number of benzene rings is 1. The van der Waals surface area contributed by atoms with E-state index in [0.717, 1.165) is 31.7 Å². The minimum Gasteiger partial charge on any atom is -0.340 e. The maximum Gasteiger partial charge on any atom is 0.228 e. The second-order valence-electron chi connectivity index (χ2n) is 6.63. The van der Waals surface area contributed by atoms with Crippen molar-refractivity contribution in [1.29, 1.82) is 0 Å². The first-order chi connectivity index (χ1) is 11.1.